The Morgan fingerprint density at radius 2 is 2.00 bits per heavy atom. The fraction of sp³-hybridized carbons (Fsp3) is 0.889. The molecule has 0 spiro atoms. The van der Waals surface area contributed by atoms with Crippen LogP contribution >= 0.6 is 12.4 Å². The number of esters is 1. The molecule has 3 nitrogen and oxygen atoms in total. The van der Waals surface area contributed by atoms with Gasteiger partial charge in [-0.2, -0.15) is 0 Å². The molecule has 0 bridgehead atoms. The zero-order chi connectivity index (χ0) is 9.23. The van der Waals surface area contributed by atoms with Crippen molar-refractivity contribution in [1.82, 2.24) is 5.32 Å². The van der Waals surface area contributed by atoms with Gasteiger partial charge in [0.05, 0.1) is 13.0 Å². The van der Waals surface area contributed by atoms with Crippen LogP contribution in [0.25, 0.3) is 0 Å². The number of nitrogens with one attached hydrogen (secondary N) is 1. The molecule has 0 aromatic heterocycles. The van der Waals surface area contributed by atoms with E-state index < -0.39 is 0 Å². The van der Waals surface area contributed by atoms with Gasteiger partial charge in [-0.1, -0.05) is 13.3 Å². The molecule has 0 atom stereocenters. The van der Waals surface area contributed by atoms with Gasteiger partial charge in [0.25, 0.3) is 0 Å². The largest absolute Gasteiger partial charge is 0.466 e. The lowest BCUT2D eigenvalue weighted by atomic mass is 10.3. The van der Waals surface area contributed by atoms with Crippen LogP contribution in [0.3, 0.4) is 0 Å². The fourth-order valence-corrected chi connectivity index (χ4v) is 0.850. The predicted molar refractivity (Wildman–Crippen MR) is 56.3 cm³/mol. The van der Waals surface area contributed by atoms with E-state index in [1.165, 1.54) is 12.8 Å². The highest BCUT2D eigenvalue weighted by molar-refractivity contribution is 5.85. The van der Waals surface area contributed by atoms with Gasteiger partial charge >= 0.3 is 5.97 Å². The molecule has 0 amide bonds. The van der Waals surface area contributed by atoms with E-state index in [4.69, 9.17) is 4.74 Å². The molecule has 0 aliphatic heterocycles. The van der Waals surface area contributed by atoms with Gasteiger partial charge in [-0.05, 0) is 19.9 Å². The second kappa shape index (κ2) is 11.7. The molecule has 0 heterocycles. The van der Waals surface area contributed by atoms with Crippen LogP contribution < -0.4 is 5.32 Å². The van der Waals surface area contributed by atoms with Crippen LogP contribution in [-0.4, -0.2) is 25.7 Å². The van der Waals surface area contributed by atoms with E-state index in [2.05, 4.69) is 12.2 Å². The summed E-state index contributed by atoms with van der Waals surface area (Å²) in [6, 6.07) is 0. The van der Waals surface area contributed by atoms with Gasteiger partial charge in [0, 0.05) is 6.54 Å². The van der Waals surface area contributed by atoms with Gasteiger partial charge in [-0.15, -0.1) is 12.4 Å². The summed E-state index contributed by atoms with van der Waals surface area (Å²) in [5, 5.41) is 3.17. The first kappa shape index (κ1) is 15.2. The lowest BCUT2D eigenvalue weighted by molar-refractivity contribution is -0.142. The lowest BCUT2D eigenvalue weighted by Gasteiger charge is -2.02. The smallest absolute Gasteiger partial charge is 0.307 e. The number of carbonyl (C=O) groups is 1. The first-order valence-corrected chi connectivity index (χ1v) is 4.67. The molecule has 1 N–H and O–H groups in total. The van der Waals surface area contributed by atoms with Gasteiger partial charge < -0.3 is 10.1 Å². The van der Waals surface area contributed by atoms with E-state index in [0.29, 0.717) is 13.0 Å². The third kappa shape index (κ3) is 11.7. The Kier molecular flexibility index (Phi) is 13.7. The average Bonchev–Trinajstić information content (AvgIpc) is 2.05. The Morgan fingerprint density at radius 3 is 2.54 bits per heavy atom. The molecular formula is C9H20ClNO2. The van der Waals surface area contributed by atoms with E-state index in [1.54, 1.807) is 0 Å². The van der Waals surface area contributed by atoms with Crippen molar-refractivity contribution in [3.8, 4) is 0 Å². The minimum Gasteiger partial charge on any atom is -0.466 e. The standard InChI is InChI=1S/C9H19NO2.ClH/c1-3-5-7-10-8-6-9(11)12-4-2;/h10H,3-8H2,1-2H3;1H. The van der Waals surface area contributed by atoms with Crippen molar-refractivity contribution < 1.29 is 9.53 Å². The normalized spacial score (nSPS) is 9.08. The summed E-state index contributed by atoms with van der Waals surface area (Å²) < 4.78 is 4.77. The second-order valence-electron chi connectivity index (χ2n) is 2.66. The first-order chi connectivity index (χ1) is 5.81. The van der Waals surface area contributed by atoms with E-state index in [9.17, 15) is 4.79 Å². The maximum Gasteiger partial charge on any atom is 0.307 e. The van der Waals surface area contributed by atoms with Crippen molar-refractivity contribution in [2.24, 2.45) is 0 Å². The quantitative estimate of drug-likeness (QED) is 0.513. The molecule has 0 fully saturated rings. The number of halogens is 1. The first-order valence-electron chi connectivity index (χ1n) is 4.67. The summed E-state index contributed by atoms with van der Waals surface area (Å²) in [5.74, 6) is -0.110. The summed E-state index contributed by atoms with van der Waals surface area (Å²) in [5.41, 5.74) is 0. The van der Waals surface area contributed by atoms with Gasteiger partial charge in [-0.25, -0.2) is 0 Å². The van der Waals surface area contributed by atoms with E-state index in [0.717, 1.165) is 13.1 Å². The highest BCUT2D eigenvalue weighted by atomic mass is 35.5. The van der Waals surface area contributed by atoms with Crippen LogP contribution in [0.15, 0.2) is 0 Å². The highest BCUT2D eigenvalue weighted by Crippen LogP contribution is 1.86. The summed E-state index contributed by atoms with van der Waals surface area (Å²) >= 11 is 0. The van der Waals surface area contributed by atoms with Crippen LogP contribution in [-0.2, 0) is 9.53 Å². The Hall–Kier alpha value is -0.280. The van der Waals surface area contributed by atoms with Gasteiger partial charge in [0.1, 0.15) is 0 Å². The van der Waals surface area contributed by atoms with Crippen LogP contribution in [0.5, 0.6) is 0 Å². The van der Waals surface area contributed by atoms with Crippen molar-refractivity contribution in [1.29, 1.82) is 0 Å². The average molecular weight is 210 g/mol. The highest BCUT2D eigenvalue weighted by Gasteiger charge is 1.98. The molecule has 4 heteroatoms. The third-order valence-corrected chi connectivity index (χ3v) is 1.52. The molecule has 0 radical (unpaired) electrons. The minimum absolute atomic E-state index is 0. The van der Waals surface area contributed by atoms with Crippen molar-refractivity contribution in [2.45, 2.75) is 33.1 Å². The van der Waals surface area contributed by atoms with Gasteiger partial charge in [-0.3, -0.25) is 4.79 Å². The zero-order valence-electron chi connectivity index (χ0n) is 8.47. The number of hydrogen-bond acceptors (Lipinski definition) is 3. The van der Waals surface area contributed by atoms with E-state index in [-0.39, 0.29) is 18.4 Å². The predicted octanol–water partition coefficient (Wildman–Crippen LogP) is 1.75. The summed E-state index contributed by atoms with van der Waals surface area (Å²) in [7, 11) is 0. The summed E-state index contributed by atoms with van der Waals surface area (Å²) in [4.78, 5) is 10.8. The number of ether oxygens (including phenoxy) is 1. The number of carbonyl (C=O) groups excluding carboxylic acids is 1. The van der Waals surface area contributed by atoms with Crippen molar-refractivity contribution >= 4 is 18.4 Å². The molecular weight excluding hydrogens is 190 g/mol. The molecule has 0 saturated carbocycles. The lowest BCUT2D eigenvalue weighted by Crippen LogP contribution is -2.20. The summed E-state index contributed by atoms with van der Waals surface area (Å²) in [6.45, 7) is 6.18. The topological polar surface area (TPSA) is 38.3 Å². The van der Waals surface area contributed by atoms with E-state index >= 15 is 0 Å². The molecule has 0 unspecified atom stereocenters. The number of rotatable bonds is 7. The second-order valence-corrected chi connectivity index (χ2v) is 2.66. The van der Waals surface area contributed by atoms with Crippen molar-refractivity contribution in [3.63, 3.8) is 0 Å². The molecule has 0 aliphatic carbocycles. The zero-order valence-corrected chi connectivity index (χ0v) is 9.28. The van der Waals surface area contributed by atoms with Crippen molar-refractivity contribution in [2.75, 3.05) is 19.7 Å². The molecule has 0 aromatic rings. The molecule has 80 valence electrons. The fourth-order valence-electron chi connectivity index (χ4n) is 0.850. The maximum atomic E-state index is 10.8. The third-order valence-electron chi connectivity index (χ3n) is 1.52. The van der Waals surface area contributed by atoms with Crippen LogP contribution in [0.2, 0.25) is 0 Å². The Labute approximate surface area is 86.6 Å². The van der Waals surface area contributed by atoms with Crippen LogP contribution in [0.1, 0.15) is 33.1 Å². The van der Waals surface area contributed by atoms with Crippen LogP contribution in [0.4, 0.5) is 0 Å². The Bertz CT molecular complexity index is 120. The molecule has 0 rings (SSSR count). The van der Waals surface area contributed by atoms with Crippen molar-refractivity contribution in [3.05, 3.63) is 0 Å². The monoisotopic (exact) mass is 209 g/mol. The number of hydrogen-bond donors (Lipinski definition) is 1. The molecule has 13 heavy (non-hydrogen) atoms. The van der Waals surface area contributed by atoms with E-state index in [1.807, 2.05) is 6.92 Å². The Balaban J connectivity index is 0. The van der Waals surface area contributed by atoms with Crippen LogP contribution in [0, 0.1) is 0 Å². The molecule has 0 aromatic carbocycles. The minimum atomic E-state index is -0.110. The van der Waals surface area contributed by atoms with Gasteiger partial charge in [0.15, 0.2) is 0 Å². The Morgan fingerprint density at radius 1 is 1.31 bits per heavy atom. The SMILES string of the molecule is CCCCNCCC(=O)OCC.Cl. The molecule has 0 saturated heterocycles. The summed E-state index contributed by atoms with van der Waals surface area (Å²) in [6.07, 6.45) is 2.84. The molecule has 0 aliphatic rings. The van der Waals surface area contributed by atoms with Gasteiger partial charge in [0.2, 0.25) is 0 Å². The maximum absolute atomic E-state index is 10.8. The number of unbranched alkanes of at least 4 members (excludes halogenated alkanes) is 1.